The molecule has 3 aromatic rings. The molecule has 1 amide bonds. The fourth-order valence-electron chi connectivity index (χ4n) is 2.13. The molecule has 0 spiro atoms. The van der Waals surface area contributed by atoms with Crippen LogP contribution in [0.4, 0.5) is 5.82 Å². The first-order valence-electron chi connectivity index (χ1n) is 6.85. The quantitative estimate of drug-likeness (QED) is 0.779. The topological polar surface area (TPSA) is 67.2 Å². The molecule has 0 radical (unpaired) electrons. The van der Waals surface area contributed by atoms with E-state index in [1.165, 1.54) is 0 Å². The summed E-state index contributed by atoms with van der Waals surface area (Å²) in [5.41, 5.74) is 2.02. The zero-order valence-electron chi connectivity index (χ0n) is 12.0. The van der Waals surface area contributed by atoms with Crippen LogP contribution >= 0.6 is 0 Å². The zero-order chi connectivity index (χ0) is 15.5. The van der Waals surface area contributed by atoms with Crippen molar-refractivity contribution in [3.8, 4) is 11.4 Å². The summed E-state index contributed by atoms with van der Waals surface area (Å²) in [7, 11) is 0. The molecule has 0 aliphatic rings. The Hall–Kier alpha value is -3.08. The monoisotopic (exact) mass is 293 g/mol. The summed E-state index contributed by atoms with van der Waals surface area (Å²) in [4.78, 5) is 12.2. The van der Waals surface area contributed by atoms with E-state index < -0.39 is 5.91 Å². The summed E-state index contributed by atoms with van der Waals surface area (Å²) in [6, 6.07) is 16.2. The molecule has 0 saturated heterocycles. The van der Waals surface area contributed by atoms with Crippen molar-refractivity contribution in [1.29, 1.82) is 0 Å². The predicted octanol–water partition coefficient (Wildman–Crippen LogP) is 3.14. The first kappa shape index (κ1) is 13.9. The van der Waals surface area contributed by atoms with Gasteiger partial charge in [-0.1, -0.05) is 24.3 Å². The number of hydrogen-bond acceptors (Lipinski definition) is 3. The van der Waals surface area contributed by atoms with Crippen LogP contribution in [0, 0.1) is 6.92 Å². The highest BCUT2D eigenvalue weighted by Gasteiger charge is 2.12. The maximum absolute atomic E-state index is 12.2. The number of hydrogen-bond donors (Lipinski definition) is 2. The number of para-hydroxylation sites is 1. The number of carbonyl (C=O) groups excluding carboxylic acids is 1. The van der Waals surface area contributed by atoms with E-state index in [0.717, 1.165) is 11.3 Å². The number of amides is 1. The van der Waals surface area contributed by atoms with Gasteiger partial charge in [-0.2, -0.15) is 5.10 Å². The minimum Gasteiger partial charge on any atom is -0.507 e. The number of benzene rings is 2. The van der Waals surface area contributed by atoms with Crippen molar-refractivity contribution in [3.63, 3.8) is 0 Å². The van der Waals surface area contributed by atoms with Crippen LogP contribution in [0.25, 0.3) is 5.69 Å². The normalized spacial score (nSPS) is 10.4. The molecule has 0 unspecified atom stereocenters. The molecule has 110 valence electrons. The molecule has 0 fully saturated rings. The van der Waals surface area contributed by atoms with Crippen molar-refractivity contribution < 1.29 is 9.90 Å². The lowest BCUT2D eigenvalue weighted by Gasteiger charge is -2.05. The SMILES string of the molecule is Cc1ccc(C(=O)Nc2ccn(-c3ccccc3)n2)c(O)c1. The summed E-state index contributed by atoms with van der Waals surface area (Å²) in [5.74, 6) is -0.00960. The average molecular weight is 293 g/mol. The number of nitrogens with one attached hydrogen (secondary N) is 1. The average Bonchev–Trinajstić information content (AvgIpc) is 2.96. The number of phenols is 1. The molecule has 1 aromatic heterocycles. The molecule has 0 bridgehead atoms. The number of nitrogens with zero attached hydrogens (tertiary/aromatic N) is 2. The van der Waals surface area contributed by atoms with Crippen molar-refractivity contribution in [3.05, 3.63) is 71.9 Å². The summed E-state index contributed by atoms with van der Waals surface area (Å²) in [6.45, 7) is 1.85. The largest absolute Gasteiger partial charge is 0.507 e. The lowest BCUT2D eigenvalue weighted by molar-refractivity contribution is 0.102. The van der Waals surface area contributed by atoms with Crippen LogP contribution in [-0.2, 0) is 0 Å². The van der Waals surface area contributed by atoms with Crippen LogP contribution in [0.1, 0.15) is 15.9 Å². The Morgan fingerprint density at radius 2 is 1.91 bits per heavy atom. The lowest BCUT2D eigenvalue weighted by atomic mass is 10.1. The number of carbonyl (C=O) groups is 1. The highest BCUT2D eigenvalue weighted by Crippen LogP contribution is 2.20. The smallest absolute Gasteiger partial charge is 0.260 e. The minimum absolute atomic E-state index is 0.0417. The molecule has 0 aliphatic carbocycles. The van der Waals surface area contributed by atoms with Crippen molar-refractivity contribution in [1.82, 2.24) is 9.78 Å². The van der Waals surface area contributed by atoms with Gasteiger partial charge < -0.3 is 10.4 Å². The van der Waals surface area contributed by atoms with Gasteiger partial charge in [0.1, 0.15) is 5.75 Å². The number of anilines is 1. The fraction of sp³-hybridized carbons (Fsp3) is 0.0588. The molecule has 0 saturated carbocycles. The van der Waals surface area contributed by atoms with Crippen molar-refractivity contribution in [2.24, 2.45) is 0 Å². The second-order valence-corrected chi connectivity index (χ2v) is 4.96. The van der Waals surface area contributed by atoms with E-state index in [4.69, 9.17) is 0 Å². The third kappa shape index (κ3) is 2.83. The lowest BCUT2D eigenvalue weighted by Crippen LogP contribution is -2.13. The molecule has 2 N–H and O–H groups in total. The van der Waals surface area contributed by atoms with Crippen molar-refractivity contribution >= 4 is 11.7 Å². The highest BCUT2D eigenvalue weighted by atomic mass is 16.3. The van der Waals surface area contributed by atoms with Gasteiger partial charge in [-0.25, -0.2) is 4.68 Å². The molecule has 0 atom stereocenters. The van der Waals surface area contributed by atoms with Crippen LogP contribution in [-0.4, -0.2) is 20.8 Å². The Morgan fingerprint density at radius 3 is 2.64 bits per heavy atom. The second kappa shape index (κ2) is 5.73. The number of aromatic hydroxyl groups is 1. The standard InChI is InChI=1S/C17H15N3O2/c1-12-7-8-14(15(21)11-12)17(22)18-16-9-10-20(19-16)13-5-3-2-4-6-13/h2-11,21H,1H3,(H,18,19,22). The number of aryl methyl sites for hydroxylation is 1. The molecule has 0 aliphatic heterocycles. The van der Waals surface area contributed by atoms with Crippen LogP contribution in [0.2, 0.25) is 0 Å². The molecule has 5 heteroatoms. The minimum atomic E-state index is -0.393. The Labute approximate surface area is 127 Å². The molecular formula is C17H15N3O2. The number of aromatic nitrogens is 2. The molecule has 5 nitrogen and oxygen atoms in total. The van der Waals surface area contributed by atoms with Crippen LogP contribution < -0.4 is 5.32 Å². The molecule has 2 aromatic carbocycles. The third-order valence-electron chi connectivity index (χ3n) is 3.25. The Balaban J connectivity index is 1.79. The van der Waals surface area contributed by atoms with Gasteiger partial charge in [-0.05, 0) is 36.8 Å². The Bertz CT molecular complexity index is 810. The molecule has 3 rings (SSSR count). The number of rotatable bonds is 3. The molecular weight excluding hydrogens is 278 g/mol. The number of phenolic OH excluding ortho intramolecular Hbond substituents is 1. The van der Waals surface area contributed by atoms with Gasteiger partial charge in [0.2, 0.25) is 0 Å². The van der Waals surface area contributed by atoms with E-state index in [-0.39, 0.29) is 11.3 Å². The van der Waals surface area contributed by atoms with Gasteiger partial charge in [0.05, 0.1) is 11.3 Å². The summed E-state index contributed by atoms with van der Waals surface area (Å²) in [5, 5.41) is 16.8. The first-order chi connectivity index (χ1) is 10.6. The maximum atomic E-state index is 12.2. The van der Waals surface area contributed by atoms with Crippen LogP contribution in [0.5, 0.6) is 5.75 Å². The van der Waals surface area contributed by atoms with Gasteiger partial charge in [-0.3, -0.25) is 4.79 Å². The van der Waals surface area contributed by atoms with E-state index in [1.54, 1.807) is 35.1 Å². The third-order valence-corrected chi connectivity index (χ3v) is 3.25. The summed E-state index contributed by atoms with van der Waals surface area (Å²) in [6.07, 6.45) is 1.76. The van der Waals surface area contributed by atoms with E-state index in [0.29, 0.717) is 5.82 Å². The molecule has 22 heavy (non-hydrogen) atoms. The van der Waals surface area contributed by atoms with Gasteiger partial charge in [-0.15, -0.1) is 0 Å². The fourth-order valence-corrected chi connectivity index (χ4v) is 2.13. The zero-order valence-corrected chi connectivity index (χ0v) is 12.0. The Morgan fingerprint density at radius 1 is 1.14 bits per heavy atom. The first-order valence-corrected chi connectivity index (χ1v) is 6.85. The van der Waals surface area contributed by atoms with E-state index >= 15 is 0 Å². The van der Waals surface area contributed by atoms with Gasteiger partial charge >= 0.3 is 0 Å². The van der Waals surface area contributed by atoms with Gasteiger partial charge in [0, 0.05) is 12.3 Å². The summed E-state index contributed by atoms with van der Waals surface area (Å²) >= 11 is 0. The van der Waals surface area contributed by atoms with Crippen molar-refractivity contribution in [2.75, 3.05) is 5.32 Å². The summed E-state index contributed by atoms with van der Waals surface area (Å²) < 4.78 is 1.67. The Kier molecular flexibility index (Phi) is 3.62. The van der Waals surface area contributed by atoms with E-state index in [9.17, 15) is 9.90 Å². The van der Waals surface area contributed by atoms with Gasteiger partial charge in [0.25, 0.3) is 5.91 Å². The van der Waals surface area contributed by atoms with Crippen molar-refractivity contribution in [2.45, 2.75) is 6.92 Å². The maximum Gasteiger partial charge on any atom is 0.260 e. The van der Waals surface area contributed by atoms with Crippen LogP contribution in [0.3, 0.4) is 0 Å². The predicted molar refractivity (Wildman–Crippen MR) is 84.4 cm³/mol. The molecule has 1 heterocycles. The van der Waals surface area contributed by atoms with Gasteiger partial charge in [0.15, 0.2) is 5.82 Å². The second-order valence-electron chi connectivity index (χ2n) is 4.96. The highest BCUT2D eigenvalue weighted by molar-refractivity contribution is 6.05. The van der Waals surface area contributed by atoms with E-state index in [2.05, 4.69) is 10.4 Å². The van der Waals surface area contributed by atoms with Crippen LogP contribution in [0.15, 0.2) is 60.8 Å². The van der Waals surface area contributed by atoms with E-state index in [1.807, 2.05) is 37.3 Å².